The van der Waals surface area contributed by atoms with E-state index in [0.29, 0.717) is 6.04 Å². The van der Waals surface area contributed by atoms with Gasteiger partial charge in [0, 0.05) is 54.6 Å². The highest BCUT2D eigenvalue weighted by Gasteiger charge is 2.29. The van der Waals surface area contributed by atoms with Gasteiger partial charge in [-0.3, -0.25) is 0 Å². The van der Waals surface area contributed by atoms with Crippen molar-refractivity contribution >= 4 is 70.8 Å². The SMILES string of the molecule is C1=CCC(n2c3ccccc3c3c4c5cc6c7ccccc7n(-c7ccccc7)c6cc5n5c6c(c(cc32)c45)CCC6)C=C1. The fraction of sp³-hybridized carbons (Fsp3) is 0.122. The number of fused-ring (bicyclic) bond motifs is 13. The zero-order valence-electron chi connectivity index (χ0n) is 24.3. The van der Waals surface area contributed by atoms with E-state index in [0.717, 1.165) is 19.3 Å². The minimum atomic E-state index is 0.314. The second-order valence-electron chi connectivity index (χ2n) is 12.7. The van der Waals surface area contributed by atoms with Crippen LogP contribution in [0.3, 0.4) is 0 Å². The number of para-hydroxylation sites is 3. The lowest BCUT2D eigenvalue weighted by Gasteiger charge is -2.18. The molecule has 0 N–H and O–H groups in total. The van der Waals surface area contributed by atoms with Crippen molar-refractivity contribution < 1.29 is 0 Å². The maximum absolute atomic E-state index is 2.66. The highest BCUT2D eigenvalue weighted by atomic mass is 15.0. The van der Waals surface area contributed by atoms with E-state index in [2.05, 4.69) is 135 Å². The molecule has 1 unspecified atom stereocenters. The average molecular weight is 564 g/mol. The van der Waals surface area contributed by atoms with Crippen molar-refractivity contribution in [2.75, 3.05) is 0 Å². The van der Waals surface area contributed by atoms with E-state index in [9.17, 15) is 0 Å². The van der Waals surface area contributed by atoms with Gasteiger partial charge < -0.3 is 13.5 Å². The molecule has 0 saturated carbocycles. The summed E-state index contributed by atoms with van der Waals surface area (Å²) in [7, 11) is 0. The molecule has 0 saturated heterocycles. The van der Waals surface area contributed by atoms with Crippen molar-refractivity contribution in [2.24, 2.45) is 0 Å². The zero-order chi connectivity index (χ0) is 28.5. The van der Waals surface area contributed by atoms with E-state index in [1.54, 1.807) is 5.56 Å². The van der Waals surface area contributed by atoms with Crippen LogP contribution in [0.15, 0.2) is 121 Å². The first-order chi connectivity index (χ1) is 21.9. The molecule has 0 fully saturated rings. The van der Waals surface area contributed by atoms with Crippen LogP contribution >= 0.6 is 0 Å². The molecule has 9 aromatic rings. The summed E-state index contributed by atoms with van der Waals surface area (Å²) in [4.78, 5) is 0. The van der Waals surface area contributed by atoms with E-state index < -0.39 is 0 Å². The van der Waals surface area contributed by atoms with Gasteiger partial charge in [0.2, 0.25) is 0 Å². The molecule has 1 atom stereocenters. The maximum Gasteiger partial charge on any atom is 0.0621 e. The monoisotopic (exact) mass is 563 g/mol. The van der Waals surface area contributed by atoms with Gasteiger partial charge in [-0.1, -0.05) is 78.9 Å². The standard InChI is InChI=1S/C41H29N3/c1-3-12-25(13-4-1)42-33-19-9-7-16-27(33)30-22-32-37(24-36(30)42)44-34-21-11-18-28(34)31-23-38-39(40(32)41(31)44)29-17-8-10-20-35(29)43(38)26-14-5-2-6-15-26/h1-10,12-14,16-17,19-20,22-24,26H,11,15,18,21H2. The van der Waals surface area contributed by atoms with Crippen molar-refractivity contribution in [3.8, 4) is 5.69 Å². The van der Waals surface area contributed by atoms with Crippen LogP contribution in [-0.2, 0) is 12.8 Å². The number of aromatic nitrogens is 3. The summed E-state index contributed by atoms with van der Waals surface area (Å²) < 4.78 is 7.74. The average Bonchev–Trinajstić information content (AvgIpc) is 3.87. The van der Waals surface area contributed by atoms with Crippen LogP contribution in [0.1, 0.15) is 30.1 Å². The quantitative estimate of drug-likeness (QED) is 0.199. The molecule has 0 radical (unpaired) electrons. The predicted molar refractivity (Wildman–Crippen MR) is 185 cm³/mol. The van der Waals surface area contributed by atoms with E-state index >= 15 is 0 Å². The van der Waals surface area contributed by atoms with Crippen LogP contribution < -0.4 is 0 Å². The van der Waals surface area contributed by atoms with Crippen LogP contribution in [0.2, 0.25) is 0 Å². The highest BCUT2D eigenvalue weighted by Crippen LogP contribution is 2.49. The van der Waals surface area contributed by atoms with Gasteiger partial charge in [-0.15, -0.1) is 0 Å². The topological polar surface area (TPSA) is 14.3 Å². The second-order valence-corrected chi connectivity index (χ2v) is 12.7. The smallest absolute Gasteiger partial charge is 0.0621 e. The van der Waals surface area contributed by atoms with Crippen LogP contribution in [0.5, 0.6) is 0 Å². The maximum atomic E-state index is 2.66. The van der Waals surface area contributed by atoms with Crippen molar-refractivity contribution in [1.29, 1.82) is 0 Å². The van der Waals surface area contributed by atoms with Crippen molar-refractivity contribution in [3.05, 3.63) is 133 Å². The van der Waals surface area contributed by atoms with Gasteiger partial charge in [-0.05, 0) is 73.7 Å². The zero-order valence-corrected chi connectivity index (χ0v) is 24.3. The van der Waals surface area contributed by atoms with Crippen molar-refractivity contribution in [2.45, 2.75) is 31.7 Å². The van der Waals surface area contributed by atoms with E-state index in [4.69, 9.17) is 0 Å². The molecule has 0 spiro atoms. The van der Waals surface area contributed by atoms with Crippen LogP contribution in [0.4, 0.5) is 0 Å². The number of allylic oxidation sites excluding steroid dienone is 4. The Labute approximate surface area is 253 Å². The third-order valence-corrected chi connectivity index (χ3v) is 10.6. The summed E-state index contributed by atoms with van der Waals surface area (Å²) in [6, 6.07) is 36.7. The molecule has 4 heterocycles. The number of benzene rings is 5. The van der Waals surface area contributed by atoms with Gasteiger partial charge in [0.15, 0.2) is 0 Å². The summed E-state index contributed by atoms with van der Waals surface area (Å²) in [6.45, 7) is 0. The molecule has 0 aliphatic heterocycles. The molecule has 0 bridgehead atoms. The first-order valence-corrected chi connectivity index (χ1v) is 16.0. The molecule has 3 nitrogen and oxygen atoms in total. The summed E-state index contributed by atoms with van der Waals surface area (Å²) >= 11 is 0. The highest BCUT2D eigenvalue weighted by molar-refractivity contribution is 6.34. The third-order valence-electron chi connectivity index (χ3n) is 10.6. The molecule has 3 heteroatoms. The van der Waals surface area contributed by atoms with Gasteiger partial charge in [-0.25, -0.2) is 0 Å². The summed E-state index contributed by atoms with van der Waals surface area (Å²) in [6.07, 6.45) is 13.6. The molecular formula is C41H29N3. The Morgan fingerprint density at radius 2 is 1.39 bits per heavy atom. The van der Waals surface area contributed by atoms with Crippen LogP contribution in [-0.4, -0.2) is 13.5 Å². The van der Waals surface area contributed by atoms with Crippen LogP contribution in [0.25, 0.3) is 76.5 Å². The normalized spacial score (nSPS) is 16.8. The van der Waals surface area contributed by atoms with Crippen molar-refractivity contribution in [3.63, 3.8) is 0 Å². The second kappa shape index (κ2) is 8.21. The Hall–Kier alpha value is -5.28. The number of nitrogens with zero attached hydrogens (tertiary/aromatic N) is 3. The largest absolute Gasteiger partial charge is 0.333 e. The van der Waals surface area contributed by atoms with Gasteiger partial charge in [-0.2, -0.15) is 0 Å². The molecule has 11 rings (SSSR count). The summed E-state index contributed by atoms with van der Waals surface area (Å²) in [5.41, 5.74) is 12.3. The Balaban J connectivity index is 1.39. The van der Waals surface area contributed by atoms with E-state index in [1.165, 1.54) is 88.6 Å². The molecule has 4 aromatic heterocycles. The summed E-state index contributed by atoms with van der Waals surface area (Å²) in [5.74, 6) is 0. The Morgan fingerprint density at radius 1 is 0.568 bits per heavy atom. The molecule has 2 aliphatic carbocycles. The van der Waals surface area contributed by atoms with Crippen LogP contribution in [0, 0.1) is 0 Å². The molecule has 0 amide bonds. The number of hydrogen-bond acceptors (Lipinski definition) is 0. The number of aryl methyl sites for hydroxylation is 2. The lowest BCUT2D eigenvalue weighted by atomic mass is 10.00. The lowest BCUT2D eigenvalue weighted by Crippen LogP contribution is -2.06. The minimum Gasteiger partial charge on any atom is -0.333 e. The molecule has 5 aromatic carbocycles. The Kier molecular flexibility index (Phi) is 4.33. The lowest BCUT2D eigenvalue weighted by molar-refractivity contribution is 0.648. The summed E-state index contributed by atoms with van der Waals surface area (Å²) in [5, 5.41) is 9.63. The number of rotatable bonds is 2. The van der Waals surface area contributed by atoms with Crippen molar-refractivity contribution in [1.82, 2.24) is 13.5 Å². The Morgan fingerprint density at radius 3 is 2.25 bits per heavy atom. The fourth-order valence-electron chi connectivity index (χ4n) is 8.90. The molecular weight excluding hydrogens is 534 g/mol. The minimum absolute atomic E-state index is 0.314. The van der Waals surface area contributed by atoms with Gasteiger partial charge in [0.1, 0.15) is 0 Å². The van der Waals surface area contributed by atoms with Gasteiger partial charge in [0.25, 0.3) is 0 Å². The van der Waals surface area contributed by atoms with E-state index in [1.807, 2.05) is 0 Å². The first kappa shape index (κ1) is 23.2. The molecule has 44 heavy (non-hydrogen) atoms. The fourth-order valence-corrected chi connectivity index (χ4v) is 8.90. The molecule has 208 valence electrons. The van der Waals surface area contributed by atoms with Gasteiger partial charge in [0.05, 0.1) is 33.6 Å². The molecule has 2 aliphatic rings. The van der Waals surface area contributed by atoms with E-state index in [-0.39, 0.29) is 0 Å². The number of hydrogen-bond donors (Lipinski definition) is 0. The third kappa shape index (κ3) is 2.74. The Bertz CT molecular complexity index is 2710. The van der Waals surface area contributed by atoms with Gasteiger partial charge >= 0.3 is 0 Å². The predicted octanol–water partition coefficient (Wildman–Crippen LogP) is 10.4. The first-order valence-electron chi connectivity index (χ1n) is 16.0.